The third-order valence-electron chi connectivity index (χ3n) is 6.30. The van der Waals surface area contributed by atoms with Crippen LogP contribution in [0, 0.1) is 0 Å². The van der Waals surface area contributed by atoms with Gasteiger partial charge >= 0.3 is 0 Å². The number of rotatable bonds is 9. The van der Waals surface area contributed by atoms with Crippen LogP contribution in [0.25, 0.3) is 16.9 Å². The van der Waals surface area contributed by atoms with E-state index in [4.69, 9.17) is 34.2 Å². The summed E-state index contributed by atoms with van der Waals surface area (Å²) in [6, 6.07) is 30.3. The Balaban J connectivity index is 1.78. The molecule has 206 valence electrons. The van der Waals surface area contributed by atoms with Crippen molar-refractivity contribution in [2.75, 3.05) is 28.4 Å². The van der Waals surface area contributed by atoms with Gasteiger partial charge in [-0.05, 0) is 60.7 Å². The Hall–Kier alpha value is -5.44. The van der Waals surface area contributed by atoms with Crippen LogP contribution in [-0.4, -0.2) is 38.2 Å². The minimum absolute atomic E-state index is 0.509. The van der Waals surface area contributed by atoms with Gasteiger partial charge in [-0.15, -0.1) is 5.11 Å². The second kappa shape index (κ2) is 12.6. The standard InChI is InChI=1S/C32H29N5O4/c1-38-25-14-10-23(11-15-25)35-36-31-29(34-28-19-18-27(40-3)20-30(28)41-4)21-33-37(24-12-16-26(39-2)17-13-24)32(31)22-8-6-5-7-9-22/h5-21H,1-4H3. The molecule has 0 aliphatic rings. The van der Waals surface area contributed by atoms with Crippen LogP contribution in [0.2, 0.25) is 0 Å². The lowest BCUT2D eigenvalue weighted by molar-refractivity contribution is 0.395. The van der Waals surface area contributed by atoms with Gasteiger partial charge in [0.25, 0.3) is 0 Å². The molecular formula is C32H29N5O4. The SMILES string of the molecule is COc1ccc(N=Nc2c(-c3ccccc3)n(-c3ccc(OC)cc3)ncc2=Nc2ccc(OC)cc2OC)cc1. The molecule has 0 amide bonds. The molecular weight excluding hydrogens is 518 g/mol. The predicted molar refractivity (Wildman–Crippen MR) is 157 cm³/mol. The lowest BCUT2D eigenvalue weighted by Gasteiger charge is -2.15. The van der Waals surface area contributed by atoms with Gasteiger partial charge in [-0.25, -0.2) is 9.67 Å². The highest BCUT2D eigenvalue weighted by molar-refractivity contribution is 5.74. The van der Waals surface area contributed by atoms with Crippen molar-refractivity contribution in [3.63, 3.8) is 0 Å². The van der Waals surface area contributed by atoms with Gasteiger partial charge in [-0.3, -0.25) is 0 Å². The van der Waals surface area contributed by atoms with Crippen molar-refractivity contribution < 1.29 is 18.9 Å². The summed E-state index contributed by atoms with van der Waals surface area (Å²) in [6.45, 7) is 0. The molecule has 0 atom stereocenters. The highest BCUT2D eigenvalue weighted by atomic mass is 16.5. The smallest absolute Gasteiger partial charge is 0.148 e. The van der Waals surface area contributed by atoms with Crippen LogP contribution in [0.4, 0.5) is 17.1 Å². The summed E-state index contributed by atoms with van der Waals surface area (Å²) < 4.78 is 23.4. The minimum Gasteiger partial charge on any atom is -0.497 e. The first kappa shape index (κ1) is 27.1. The zero-order valence-electron chi connectivity index (χ0n) is 23.2. The Morgan fingerprint density at radius 2 is 1.27 bits per heavy atom. The molecule has 41 heavy (non-hydrogen) atoms. The molecule has 0 saturated heterocycles. The molecule has 0 N–H and O–H groups in total. The number of aromatic nitrogens is 2. The van der Waals surface area contributed by atoms with Crippen molar-refractivity contribution in [3.05, 3.63) is 109 Å². The highest BCUT2D eigenvalue weighted by Crippen LogP contribution is 2.34. The van der Waals surface area contributed by atoms with Gasteiger partial charge < -0.3 is 18.9 Å². The first-order valence-electron chi connectivity index (χ1n) is 12.8. The minimum atomic E-state index is 0.509. The van der Waals surface area contributed by atoms with Crippen LogP contribution in [0.3, 0.4) is 0 Å². The fourth-order valence-corrected chi connectivity index (χ4v) is 4.17. The van der Waals surface area contributed by atoms with Crippen molar-refractivity contribution in [3.8, 4) is 39.9 Å². The van der Waals surface area contributed by atoms with Crippen LogP contribution in [0.15, 0.2) is 118 Å². The van der Waals surface area contributed by atoms with Gasteiger partial charge in [-0.2, -0.15) is 10.2 Å². The largest absolute Gasteiger partial charge is 0.497 e. The highest BCUT2D eigenvalue weighted by Gasteiger charge is 2.16. The molecule has 1 heterocycles. The van der Waals surface area contributed by atoms with E-state index in [2.05, 4.69) is 5.11 Å². The van der Waals surface area contributed by atoms with E-state index in [0.29, 0.717) is 39.6 Å². The quantitative estimate of drug-likeness (QED) is 0.182. The van der Waals surface area contributed by atoms with E-state index in [0.717, 1.165) is 22.7 Å². The van der Waals surface area contributed by atoms with E-state index >= 15 is 0 Å². The maximum absolute atomic E-state index is 5.60. The molecule has 0 bridgehead atoms. The zero-order valence-corrected chi connectivity index (χ0v) is 23.2. The van der Waals surface area contributed by atoms with Crippen LogP contribution in [-0.2, 0) is 0 Å². The lowest BCUT2D eigenvalue weighted by atomic mass is 10.1. The molecule has 0 aliphatic heterocycles. The molecule has 9 heteroatoms. The average Bonchev–Trinajstić information content (AvgIpc) is 3.04. The summed E-state index contributed by atoms with van der Waals surface area (Å²) in [4.78, 5) is 4.93. The third kappa shape index (κ3) is 6.09. The van der Waals surface area contributed by atoms with Crippen molar-refractivity contribution in [1.82, 2.24) is 9.78 Å². The predicted octanol–water partition coefficient (Wildman–Crippen LogP) is 7.22. The van der Waals surface area contributed by atoms with E-state index in [1.165, 1.54) is 0 Å². The first-order chi connectivity index (χ1) is 20.1. The fourth-order valence-electron chi connectivity index (χ4n) is 4.17. The van der Waals surface area contributed by atoms with Crippen LogP contribution in [0.5, 0.6) is 23.0 Å². The normalized spacial score (nSPS) is 11.5. The first-order valence-corrected chi connectivity index (χ1v) is 12.8. The number of hydrogen-bond acceptors (Lipinski definition) is 8. The number of nitrogens with zero attached hydrogens (tertiary/aromatic N) is 5. The number of azo groups is 1. The van der Waals surface area contributed by atoms with Crippen molar-refractivity contribution >= 4 is 17.1 Å². The Morgan fingerprint density at radius 1 is 0.634 bits per heavy atom. The van der Waals surface area contributed by atoms with Gasteiger partial charge in [0.1, 0.15) is 45.4 Å². The van der Waals surface area contributed by atoms with Crippen LogP contribution < -0.4 is 24.3 Å². The molecule has 0 spiro atoms. The zero-order chi connectivity index (χ0) is 28.6. The monoisotopic (exact) mass is 547 g/mol. The Kier molecular flexibility index (Phi) is 8.35. The molecule has 5 aromatic rings. The molecule has 4 aromatic carbocycles. The molecule has 0 saturated carbocycles. The summed E-state index contributed by atoms with van der Waals surface area (Å²) in [5, 5.41) is 14.6. The fraction of sp³-hybridized carbons (Fsp3) is 0.125. The average molecular weight is 548 g/mol. The number of hydrogen-bond donors (Lipinski definition) is 0. The second-order valence-electron chi connectivity index (χ2n) is 8.75. The summed E-state index contributed by atoms with van der Waals surface area (Å²) in [5.74, 6) is 2.69. The van der Waals surface area contributed by atoms with E-state index in [9.17, 15) is 0 Å². The maximum Gasteiger partial charge on any atom is 0.148 e. The van der Waals surface area contributed by atoms with E-state index in [1.807, 2.05) is 95.7 Å². The topological polar surface area (TPSA) is 91.8 Å². The summed E-state index contributed by atoms with van der Waals surface area (Å²) in [7, 11) is 6.46. The Morgan fingerprint density at radius 3 is 1.90 bits per heavy atom. The van der Waals surface area contributed by atoms with Gasteiger partial charge in [0.2, 0.25) is 0 Å². The molecule has 1 aromatic heterocycles. The van der Waals surface area contributed by atoms with E-state index in [1.54, 1.807) is 40.7 Å². The van der Waals surface area contributed by atoms with Gasteiger partial charge in [0.05, 0.1) is 46.0 Å². The Bertz CT molecular complexity index is 1720. The second-order valence-corrected chi connectivity index (χ2v) is 8.75. The maximum atomic E-state index is 5.60. The van der Waals surface area contributed by atoms with Gasteiger partial charge in [0, 0.05) is 11.6 Å². The molecule has 0 radical (unpaired) electrons. The number of methoxy groups -OCH3 is 4. The molecule has 0 aliphatic carbocycles. The molecule has 9 nitrogen and oxygen atoms in total. The van der Waals surface area contributed by atoms with Crippen molar-refractivity contribution in [2.24, 2.45) is 15.2 Å². The number of ether oxygens (including phenoxy) is 4. The Labute approximate surface area is 238 Å². The van der Waals surface area contributed by atoms with Gasteiger partial charge in [-0.1, -0.05) is 30.3 Å². The summed E-state index contributed by atoms with van der Waals surface area (Å²) in [5.41, 5.74) is 4.19. The molecule has 0 fully saturated rings. The lowest BCUT2D eigenvalue weighted by Crippen LogP contribution is -2.14. The van der Waals surface area contributed by atoms with Crippen molar-refractivity contribution in [1.29, 1.82) is 0 Å². The number of benzene rings is 4. The third-order valence-corrected chi connectivity index (χ3v) is 6.30. The summed E-state index contributed by atoms with van der Waals surface area (Å²) in [6.07, 6.45) is 1.67. The van der Waals surface area contributed by atoms with E-state index in [-0.39, 0.29) is 0 Å². The van der Waals surface area contributed by atoms with Gasteiger partial charge in [0.15, 0.2) is 0 Å². The summed E-state index contributed by atoms with van der Waals surface area (Å²) >= 11 is 0. The molecule has 0 unspecified atom stereocenters. The van der Waals surface area contributed by atoms with Crippen LogP contribution >= 0.6 is 0 Å². The van der Waals surface area contributed by atoms with Crippen LogP contribution in [0.1, 0.15) is 0 Å². The van der Waals surface area contributed by atoms with Crippen molar-refractivity contribution in [2.45, 2.75) is 0 Å². The van der Waals surface area contributed by atoms with E-state index < -0.39 is 0 Å². The molecule has 5 rings (SSSR count).